The lowest BCUT2D eigenvalue weighted by molar-refractivity contribution is 0.571. The SMILES string of the molecule is CC1CSc2nc(=O)c3cnn(-c4ccccc4)c3n21. The summed E-state index contributed by atoms with van der Waals surface area (Å²) in [5.41, 5.74) is 1.59. The number of para-hydroxylation sites is 1. The molecular weight excluding hydrogens is 272 g/mol. The number of fused-ring (bicyclic) bond motifs is 3. The smallest absolute Gasteiger partial charge is 0.284 e. The molecule has 0 amide bonds. The van der Waals surface area contributed by atoms with Crippen LogP contribution in [0.25, 0.3) is 16.7 Å². The lowest BCUT2D eigenvalue weighted by atomic mass is 10.3. The van der Waals surface area contributed by atoms with Crippen molar-refractivity contribution in [1.29, 1.82) is 0 Å². The molecular formula is C14H12N4OS. The standard InChI is InChI=1S/C14H12N4OS/c1-9-8-20-14-16-12(19)11-7-15-18(13(11)17(9)14)10-5-3-2-4-6-10/h2-7,9H,8H2,1H3. The van der Waals surface area contributed by atoms with Crippen LogP contribution in [-0.4, -0.2) is 25.1 Å². The van der Waals surface area contributed by atoms with Gasteiger partial charge in [-0.05, 0) is 19.1 Å². The van der Waals surface area contributed by atoms with E-state index in [9.17, 15) is 4.79 Å². The van der Waals surface area contributed by atoms with Gasteiger partial charge in [0, 0.05) is 11.8 Å². The minimum Gasteiger partial charge on any atom is -0.301 e. The molecule has 5 nitrogen and oxygen atoms in total. The van der Waals surface area contributed by atoms with E-state index in [-0.39, 0.29) is 5.56 Å². The van der Waals surface area contributed by atoms with Crippen molar-refractivity contribution in [2.24, 2.45) is 0 Å². The normalized spacial score (nSPS) is 17.6. The molecule has 0 saturated heterocycles. The highest BCUT2D eigenvalue weighted by atomic mass is 32.2. The number of nitrogens with zero attached hydrogens (tertiary/aromatic N) is 4. The summed E-state index contributed by atoms with van der Waals surface area (Å²) in [4.78, 5) is 16.3. The quantitative estimate of drug-likeness (QED) is 0.643. The van der Waals surface area contributed by atoms with E-state index in [0.29, 0.717) is 11.4 Å². The topological polar surface area (TPSA) is 52.7 Å². The van der Waals surface area contributed by atoms with Crippen LogP contribution in [0.2, 0.25) is 0 Å². The summed E-state index contributed by atoms with van der Waals surface area (Å²) in [6, 6.07) is 10.2. The molecule has 1 aliphatic heterocycles. The van der Waals surface area contributed by atoms with Crippen molar-refractivity contribution in [1.82, 2.24) is 19.3 Å². The van der Waals surface area contributed by atoms with Crippen LogP contribution < -0.4 is 5.56 Å². The Bertz CT molecular complexity index is 853. The Kier molecular flexibility index (Phi) is 2.47. The lowest BCUT2D eigenvalue weighted by Crippen LogP contribution is -2.16. The molecule has 0 saturated carbocycles. The highest BCUT2D eigenvalue weighted by molar-refractivity contribution is 7.99. The lowest BCUT2D eigenvalue weighted by Gasteiger charge is -2.12. The molecule has 3 aromatic rings. The zero-order valence-electron chi connectivity index (χ0n) is 10.9. The van der Waals surface area contributed by atoms with Crippen molar-refractivity contribution in [3.63, 3.8) is 0 Å². The maximum Gasteiger partial charge on any atom is 0.284 e. The van der Waals surface area contributed by atoms with Crippen molar-refractivity contribution in [2.45, 2.75) is 18.1 Å². The Balaban J connectivity index is 2.13. The molecule has 1 aliphatic rings. The summed E-state index contributed by atoms with van der Waals surface area (Å²) in [6.07, 6.45) is 1.61. The molecule has 3 heterocycles. The molecule has 1 atom stereocenters. The summed E-state index contributed by atoms with van der Waals surface area (Å²) in [5, 5.41) is 5.75. The first-order valence-electron chi connectivity index (χ1n) is 6.44. The number of hydrogen-bond donors (Lipinski definition) is 0. The van der Waals surface area contributed by atoms with Crippen LogP contribution in [0.3, 0.4) is 0 Å². The predicted molar refractivity (Wildman–Crippen MR) is 78.6 cm³/mol. The molecule has 0 radical (unpaired) electrons. The highest BCUT2D eigenvalue weighted by Gasteiger charge is 2.25. The molecule has 1 aromatic carbocycles. The third kappa shape index (κ3) is 1.54. The molecule has 100 valence electrons. The van der Waals surface area contributed by atoms with Crippen molar-refractivity contribution < 1.29 is 0 Å². The fourth-order valence-electron chi connectivity index (χ4n) is 2.54. The highest BCUT2D eigenvalue weighted by Crippen LogP contribution is 2.34. The molecule has 0 aliphatic carbocycles. The van der Waals surface area contributed by atoms with Gasteiger partial charge in [-0.2, -0.15) is 10.1 Å². The van der Waals surface area contributed by atoms with Crippen molar-refractivity contribution in [2.75, 3.05) is 5.75 Å². The van der Waals surface area contributed by atoms with Gasteiger partial charge in [0.1, 0.15) is 5.39 Å². The van der Waals surface area contributed by atoms with E-state index in [1.54, 1.807) is 18.0 Å². The van der Waals surface area contributed by atoms with Gasteiger partial charge >= 0.3 is 0 Å². The zero-order chi connectivity index (χ0) is 13.7. The van der Waals surface area contributed by atoms with Crippen LogP contribution in [-0.2, 0) is 0 Å². The summed E-state index contributed by atoms with van der Waals surface area (Å²) in [6.45, 7) is 2.14. The fraction of sp³-hybridized carbons (Fsp3) is 0.214. The molecule has 6 heteroatoms. The second-order valence-electron chi connectivity index (χ2n) is 4.86. The van der Waals surface area contributed by atoms with Gasteiger partial charge in [-0.25, -0.2) is 4.68 Å². The van der Waals surface area contributed by atoms with Crippen LogP contribution in [0.4, 0.5) is 0 Å². The molecule has 1 unspecified atom stereocenters. The fourth-order valence-corrected chi connectivity index (χ4v) is 3.64. The number of hydrogen-bond acceptors (Lipinski definition) is 4. The van der Waals surface area contributed by atoms with Crippen molar-refractivity contribution in [3.8, 4) is 5.69 Å². The Morgan fingerprint density at radius 3 is 2.90 bits per heavy atom. The minimum atomic E-state index is -0.199. The zero-order valence-corrected chi connectivity index (χ0v) is 11.7. The molecule has 0 bridgehead atoms. The second kappa shape index (κ2) is 4.21. The summed E-state index contributed by atoms with van der Waals surface area (Å²) in [5.74, 6) is 0.936. The third-order valence-corrected chi connectivity index (χ3v) is 4.70. The average molecular weight is 284 g/mol. The monoisotopic (exact) mass is 284 g/mol. The molecule has 20 heavy (non-hydrogen) atoms. The Hall–Kier alpha value is -2.08. The first kappa shape index (κ1) is 11.7. The van der Waals surface area contributed by atoms with Gasteiger partial charge < -0.3 is 4.57 Å². The van der Waals surface area contributed by atoms with E-state index in [4.69, 9.17) is 0 Å². The molecule has 4 rings (SSSR count). The maximum absolute atomic E-state index is 12.1. The van der Waals surface area contributed by atoms with Crippen molar-refractivity contribution >= 4 is 22.8 Å². The summed E-state index contributed by atoms with van der Waals surface area (Å²) >= 11 is 1.62. The van der Waals surface area contributed by atoms with Gasteiger partial charge in [-0.3, -0.25) is 4.79 Å². The molecule has 0 N–H and O–H groups in total. The van der Waals surface area contributed by atoms with Gasteiger partial charge in [0.15, 0.2) is 10.8 Å². The Labute approximate surface area is 119 Å². The Morgan fingerprint density at radius 2 is 2.10 bits per heavy atom. The van der Waals surface area contributed by atoms with E-state index < -0.39 is 0 Å². The summed E-state index contributed by atoms with van der Waals surface area (Å²) < 4.78 is 3.94. The van der Waals surface area contributed by atoms with Crippen LogP contribution in [0.15, 0.2) is 46.5 Å². The van der Waals surface area contributed by atoms with Gasteiger partial charge in [-0.1, -0.05) is 30.0 Å². The van der Waals surface area contributed by atoms with E-state index in [0.717, 1.165) is 22.2 Å². The van der Waals surface area contributed by atoms with E-state index >= 15 is 0 Å². The minimum absolute atomic E-state index is 0.199. The molecule has 2 aromatic heterocycles. The van der Waals surface area contributed by atoms with Crippen molar-refractivity contribution in [3.05, 3.63) is 46.9 Å². The maximum atomic E-state index is 12.1. The number of thioether (sulfide) groups is 1. The average Bonchev–Trinajstić information content (AvgIpc) is 3.04. The van der Waals surface area contributed by atoms with Gasteiger partial charge in [0.25, 0.3) is 5.56 Å². The third-order valence-electron chi connectivity index (χ3n) is 3.50. The van der Waals surface area contributed by atoms with Gasteiger partial charge in [0.2, 0.25) is 0 Å². The van der Waals surface area contributed by atoms with E-state index in [1.165, 1.54) is 0 Å². The number of benzene rings is 1. The van der Waals surface area contributed by atoms with Gasteiger partial charge in [0.05, 0.1) is 11.9 Å². The van der Waals surface area contributed by atoms with Crippen LogP contribution in [0.1, 0.15) is 13.0 Å². The van der Waals surface area contributed by atoms with E-state index in [2.05, 4.69) is 21.6 Å². The largest absolute Gasteiger partial charge is 0.301 e. The number of rotatable bonds is 1. The molecule has 0 fully saturated rings. The Morgan fingerprint density at radius 1 is 1.30 bits per heavy atom. The van der Waals surface area contributed by atoms with E-state index in [1.807, 2.05) is 35.0 Å². The van der Waals surface area contributed by atoms with Crippen LogP contribution in [0.5, 0.6) is 0 Å². The van der Waals surface area contributed by atoms with Crippen LogP contribution in [0, 0.1) is 0 Å². The van der Waals surface area contributed by atoms with Crippen LogP contribution >= 0.6 is 11.8 Å². The van der Waals surface area contributed by atoms with Gasteiger partial charge in [-0.15, -0.1) is 0 Å². The second-order valence-corrected chi connectivity index (χ2v) is 5.85. The first-order valence-corrected chi connectivity index (χ1v) is 7.43. The first-order chi connectivity index (χ1) is 9.75. The summed E-state index contributed by atoms with van der Waals surface area (Å²) in [7, 11) is 0. The predicted octanol–water partition coefficient (Wildman–Crippen LogP) is 2.25. The molecule has 0 spiro atoms. The number of aromatic nitrogens is 4.